The second-order valence-corrected chi connectivity index (χ2v) is 4.96. The Bertz CT molecular complexity index is 368. The first kappa shape index (κ1) is 10.3. The summed E-state index contributed by atoms with van der Waals surface area (Å²) < 4.78 is 7.53. The van der Waals surface area contributed by atoms with E-state index < -0.39 is 0 Å². The molecule has 16 heavy (non-hydrogen) atoms. The zero-order valence-corrected chi connectivity index (χ0v) is 9.85. The molecule has 88 valence electrons. The third-order valence-corrected chi connectivity index (χ3v) is 3.74. The minimum atomic E-state index is 0.527. The summed E-state index contributed by atoms with van der Waals surface area (Å²) >= 11 is 0. The van der Waals surface area contributed by atoms with Gasteiger partial charge >= 0.3 is 0 Å². The van der Waals surface area contributed by atoms with Crippen molar-refractivity contribution in [2.45, 2.75) is 51.0 Å². The standard InChI is InChI=1S/C12H19N3O/c1-9-3-2-4-11-13-12(14-15(9)11)10-5-7-16-8-6-10/h9-10H,2-8H2,1H3. The lowest BCUT2D eigenvalue weighted by atomic mass is 10.00. The van der Waals surface area contributed by atoms with Crippen molar-refractivity contribution in [2.75, 3.05) is 13.2 Å². The Labute approximate surface area is 96.0 Å². The Morgan fingerprint density at radius 3 is 2.81 bits per heavy atom. The molecule has 2 aliphatic rings. The Hall–Kier alpha value is -0.900. The van der Waals surface area contributed by atoms with Crippen molar-refractivity contribution >= 4 is 0 Å². The van der Waals surface area contributed by atoms with Gasteiger partial charge < -0.3 is 4.74 Å². The lowest BCUT2D eigenvalue weighted by molar-refractivity contribution is 0.0835. The lowest BCUT2D eigenvalue weighted by Crippen LogP contribution is -2.17. The summed E-state index contributed by atoms with van der Waals surface area (Å²) in [6.45, 7) is 3.97. The number of hydrogen-bond donors (Lipinski definition) is 0. The molecule has 0 N–H and O–H groups in total. The molecule has 4 nitrogen and oxygen atoms in total. The number of aryl methyl sites for hydroxylation is 1. The van der Waals surface area contributed by atoms with Crippen molar-refractivity contribution in [1.29, 1.82) is 0 Å². The molecule has 1 unspecified atom stereocenters. The van der Waals surface area contributed by atoms with Crippen LogP contribution in [0.1, 0.15) is 56.2 Å². The fourth-order valence-electron chi connectivity index (χ4n) is 2.70. The zero-order valence-electron chi connectivity index (χ0n) is 9.85. The molecule has 1 fully saturated rings. The molecule has 3 rings (SSSR count). The van der Waals surface area contributed by atoms with Crippen molar-refractivity contribution < 1.29 is 4.74 Å². The summed E-state index contributed by atoms with van der Waals surface area (Å²) in [5.41, 5.74) is 0. The highest BCUT2D eigenvalue weighted by Crippen LogP contribution is 2.28. The van der Waals surface area contributed by atoms with Crippen LogP contribution >= 0.6 is 0 Å². The highest BCUT2D eigenvalue weighted by molar-refractivity contribution is 5.03. The van der Waals surface area contributed by atoms with Crippen LogP contribution in [0.2, 0.25) is 0 Å². The highest BCUT2D eigenvalue weighted by atomic mass is 16.5. The van der Waals surface area contributed by atoms with Crippen LogP contribution < -0.4 is 0 Å². The summed E-state index contributed by atoms with van der Waals surface area (Å²) in [5.74, 6) is 2.78. The van der Waals surface area contributed by atoms with Gasteiger partial charge in [0.1, 0.15) is 5.82 Å². The van der Waals surface area contributed by atoms with E-state index in [-0.39, 0.29) is 0 Å². The van der Waals surface area contributed by atoms with Crippen LogP contribution in [0.15, 0.2) is 0 Å². The van der Waals surface area contributed by atoms with Gasteiger partial charge in [-0.2, -0.15) is 5.10 Å². The molecule has 1 aromatic rings. The molecule has 2 aliphatic heterocycles. The zero-order chi connectivity index (χ0) is 11.0. The largest absolute Gasteiger partial charge is 0.381 e. The Balaban J connectivity index is 1.85. The first-order valence-corrected chi connectivity index (χ1v) is 6.37. The van der Waals surface area contributed by atoms with Crippen LogP contribution in [0.3, 0.4) is 0 Å². The van der Waals surface area contributed by atoms with E-state index in [2.05, 4.69) is 11.6 Å². The van der Waals surface area contributed by atoms with Crippen LogP contribution in [0.4, 0.5) is 0 Å². The Morgan fingerprint density at radius 1 is 1.25 bits per heavy atom. The van der Waals surface area contributed by atoms with E-state index in [0.717, 1.165) is 38.3 Å². The summed E-state index contributed by atoms with van der Waals surface area (Å²) in [6, 6.07) is 0.532. The van der Waals surface area contributed by atoms with Crippen molar-refractivity contribution in [2.24, 2.45) is 0 Å². The average Bonchev–Trinajstić information content (AvgIpc) is 2.76. The predicted molar refractivity (Wildman–Crippen MR) is 60.5 cm³/mol. The van der Waals surface area contributed by atoms with E-state index in [1.807, 2.05) is 0 Å². The fraction of sp³-hybridized carbons (Fsp3) is 0.833. The molecule has 0 amide bonds. The first-order chi connectivity index (χ1) is 7.84. The minimum absolute atomic E-state index is 0.527. The fourth-order valence-corrected chi connectivity index (χ4v) is 2.70. The molecule has 0 radical (unpaired) electrons. The van der Waals surface area contributed by atoms with Crippen LogP contribution in [0.25, 0.3) is 0 Å². The van der Waals surface area contributed by atoms with E-state index in [4.69, 9.17) is 14.8 Å². The normalized spacial score (nSPS) is 26.7. The molecule has 1 atom stereocenters. The van der Waals surface area contributed by atoms with Crippen molar-refractivity contribution in [1.82, 2.24) is 14.8 Å². The number of aromatic nitrogens is 3. The first-order valence-electron chi connectivity index (χ1n) is 6.37. The molecule has 1 saturated heterocycles. The average molecular weight is 221 g/mol. The van der Waals surface area contributed by atoms with Gasteiger partial charge in [0.25, 0.3) is 0 Å². The maximum Gasteiger partial charge on any atom is 0.154 e. The molecular formula is C12H19N3O. The third-order valence-electron chi connectivity index (χ3n) is 3.74. The van der Waals surface area contributed by atoms with Gasteiger partial charge in [0.2, 0.25) is 0 Å². The topological polar surface area (TPSA) is 39.9 Å². The van der Waals surface area contributed by atoms with Gasteiger partial charge in [0.15, 0.2) is 5.82 Å². The number of fused-ring (bicyclic) bond motifs is 1. The van der Waals surface area contributed by atoms with E-state index in [1.165, 1.54) is 18.7 Å². The van der Waals surface area contributed by atoms with Gasteiger partial charge in [-0.15, -0.1) is 0 Å². The quantitative estimate of drug-likeness (QED) is 0.729. The molecule has 0 bridgehead atoms. The van der Waals surface area contributed by atoms with Crippen molar-refractivity contribution in [3.8, 4) is 0 Å². The number of ether oxygens (including phenoxy) is 1. The number of nitrogens with zero attached hydrogens (tertiary/aromatic N) is 3. The van der Waals surface area contributed by atoms with E-state index >= 15 is 0 Å². The van der Waals surface area contributed by atoms with E-state index in [0.29, 0.717) is 12.0 Å². The molecule has 0 aliphatic carbocycles. The molecule has 3 heterocycles. The van der Waals surface area contributed by atoms with Crippen molar-refractivity contribution in [3.63, 3.8) is 0 Å². The van der Waals surface area contributed by atoms with Crippen molar-refractivity contribution in [3.05, 3.63) is 11.6 Å². The smallest absolute Gasteiger partial charge is 0.154 e. The SMILES string of the molecule is CC1CCCc2nc(C3CCOCC3)nn21. The third kappa shape index (κ3) is 1.75. The molecule has 1 aromatic heterocycles. The monoisotopic (exact) mass is 221 g/mol. The van der Waals surface area contributed by atoms with Gasteiger partial charge in [0, 0.05) is 25.6 Å². The minimum Gasteiger partial charge on any atom is -0.381 e. The number of rotatable bonds is 1. The highest BCUT2D eigenvalue weighted by Gasteiger charge is 2.25. The molecular weight excluding hydrogens is 202 g/mol. The lowest BCUT2D eigenvalue weighted by Gasteiger charge is -2.19. The molecule has 0 aromatic carbocycles. The van der Waals surface area contributed by atoms with E-state index in [9.17, 15) is 0 Å². The second-order valence-electron chi connectivity index (χ2n) is 4.96. The Kier molecular flexibility index (Phi) is 2.67. The van der Waals surface area contributed by atoms with Gasteiger partial charge in [0.05, 0.1) is 6.04 Å². The maximum absolute atomic E-state index is 5.38. The summed E-state index contributed by atoms with van der Waals surface area (Å²) in [4.78, 5) is 4.72. The molecule has 0 spiro atoms. The second kappa shape index (κ2) is 4.17. The van der Waals surface area contributed by atoms with Gasteiger partial charge in [-0.05, 0) is 32.6 Å². The predicted octanol–water partition coefficient (Wildman–Crippen LogP) is 2.07. The Morgan fingerprint density at radius 2 is 2.06 bits per heavy atom. The summed E-state index contributed by atoms with van der Waals surface area (Å²) in [5, 5.41) is 4.71. The summed E-state index contributed by atoms with van der Waals surface area (Å²) in [7, 11) is 0. The van der Waals surface area contributed by atoms with Crippen LogP contribution in [0, 0.1) is 0 Å². The van der Waals surface area contributed by atoms with Crippen LogP contribution in [-0.2, 0) is 11.2 Å². The maximum atomic E-state index is 5.38. The van der Waals surface area contributed by atoms with Gasteiger partial charge in [-0.3, -0.25) is 0 Å². The number of hydrogen-bond acceptors (Lipinski definition) is 3. The molecule has 4 heteroatoms. The van der Waals surface area contributed by atoms with E-state index in [1.54, 1.807) is 0 Å². The molecule has 0 saturated carbocycles. The van der Waals surface area contributed by atoms with Gasteiger partial charge in [-0.25, -0.2) is 9.67 Å². The van der Waals surface area contributed by atoms with Crippen LogP contribution in [-0.4, -0.2) is 28.0 Å². The van der Waals surface area contributed by atoms with Gasteiger partial charge in [-0.1, -0.05) is 0 Å². The summed E-state index contributed by atoms with van der Waals surface area (Å²) in [6.07, 6.45) is 5.76. The van der Waals surface area contributed by atoms with Crippen LogP contribution in [0.5, 0.6) is 0 Å².